The van der Waals surface area contributed by atoms with E-state index in [-0.39, 0.29) is 12.3 Å². The normalized spacial score (nSPS) is 12.0. The van der Waals surface area contributed by atoms with Gasteiger partial charge in [0.2, 0.25) is 0 Å². The number of hydrogen-bond donors (Lipinski definition) is 1. The molecule has 0 spiro atoms. The van der Waals surface area contributed by atoms with Gasteiger partial charge >= 0.3 is 0 Å². The molecule has 21 heavy (non-hydrogen) atoms. The van der Waals surface area contributed by atoms with E-state index in [2.05, 4.69) is 0 Å². The van der Waals surface area contributed by atoms with E-state index in [9.17, 15) is 19.6 Å². The van der Waals surface area contributed by atoms with E-state index in [0.29, 0.717) is 16.9 Å². The van der Waals surface area contributed by atoms with Crippen LogP contribution < -0.4 is 4.74 Å². The highest BCUT2D eigenvalue weighted by Crippen LogP contribution is 2.28. The minimum atomic E-state index is -0.901. The van der Waals surface area contributed by atoms with Crippen molar-refractivity contribution >= 4 is 5.69 Å². The summed E-state index contributed by atoms with van der Waals surface area (Å²) in [5, 5.41) is 20.5. The molecule has 0 unspecified atom stereocenters. The SMILES string of the molecule is C[C@@H](O)c1cc(F)ccc1OCc1ccccc1[N+](=O)[O-]. The molecule has 0 radical (unpaired) electrons. The van der Waals surface area contributed by atoms with E-state index >= 15 is 0 Å². The Morgan fingerprint density at radius 1 is 1.33 bits per heavy atom. The second-order valence-corrected chi connectivity index (χ2v) is 4.53. The Bertz CT molecular complexity index is 658. The van der Waals surface area contributed by atoms with Crippen LogP contribution in [0.4, 0.5) is 10.1 Å². The lowest BCUT2D eigenvalue weighted by atomic mass is 10.1. The first kappa shape index (κ1) is 14.9. The number of nitrogens with zero attached hydrogens (tertiary/aromatic N) is 1. The van der Waals surface area contributed by atoms with Gasteiger partial charge in [0.25, 0.3) is 5.69 Å². The van der Waals surface area contributed by atoms with Crippen molar-refractivity contribution in [3.63, 3.8) is 0 Å². The molecule has 1 N–H and O–H groups in total. The van der Waals surface area contributed by atoms with Crippen LogP contribution in [0.1, 0.15) is 24.2 Å². The molecule has 2 aromatic carbocycles. The van der Waals surface area contributed by atoms with Gasteiger partial charge in [-0.1, -0.05) is 12.1 Å². The number of nitro groups is 1. The quantitative estimate of drug-likeness (QED) is 0.677. The van der Waals surface area contributed by atoms with E-state index < -0.39 is 16.8 Å². The number of halogens is 1. The molecule has 0 aliphatic carbocycles. The zero-order valence-electron chi connectivity index (χ0n) is 11.3. The monoisotopic (exact) mass is 291 g/mol. The molecule has 0 bridgehead atoms. The lowest BCUT2D eigenvalue weighted by Gasteiger charge is -2.13. The predicted molar refractivity (Wildman–Crippen MR) is 74.5 cm³/mol. The smallest absolute Gasteiger partial charge is 0.276 e. The highest BCUT2D eigenvalue weighted by molar-refractivity contribution is 5.40. The maximum atomic E-state index is 13.2. The Morgan fingerprint density at radius 2 is 2.05 bits per heavy atom. The summed E-state index contributed by atoms with van der Waals surface area (Å²) < 4.78 is 18.7. The highest BCUT2D eigenvalue weighted by atomic mass is 19.1. The standard InChI is InChI=1S/C15H14FNO4/c1-10(18)13-8-12(16)6-7-15(13)21-9-11-4-2-3-5-14(11)17(19)20/h2-8,10,18H,9H2,1H3/t10-/m1/s1. The van der Waals surface area contributed by atoms with Crippen molar-refractivity contribution in [2.45, 2.75) is 19.6 Å². The molecule has 110 valence electrons. The first-order chi connectivity index (χ1) is 9.99. The number of para-hydroxylation sites is 1. The number of aliphatic hydroxyl groups is 1. The third-order valence-corrected chi connectivity index (χ3v) is 2.99. The van der Waals surface area contributed by atoms with E-state index in [1.807, 2.05) is 0 Å². The lowest BCUT2D eigenvalue weighted by Crippen LogP contribution is -2.03. The van der Waals surface area contributed by atoms with Crippen LogP contribution in [-0.2, 0) is 6.61 Å². The van der Waals surface area contributed by atoms with Crippen molar-refractivity contribution in [1.29, 1.82) is 0 Å². The molecule has 0 aromatic heterocycles. The van der Waals surface area contributed by atoms with Gasteiger partial charge in [-0.25, -0.2) is 4.39 Å². The van der Waals surface area contributed by atoms with Crippen molar-refractivity contribution in [3.8, 4) is 5.75 Å². The van der Waals surface area contributed by atoms with Crippen LogP contribution in [0.5, 0.6) is 5.75 Å². The lowest BCUT2D eigenvalue weighted by molar-refractivity contribution is -0.385. The molecule has 1 atom stereocenters. The average molecular weight is 291 g/mol. The summed E-state index contributed by atoms with van der Waals surface area (Å²) in [7, 11) is 0. The molecule has 0 saturated carbocycles. The van der Waals surface area contributed by atoms with Gasteiger partial charge in [-0.2, -0.15) is 0 Å². The summed E-state index contributed by atoms with van der Waals surface area (Å²) in [6.45, 7) is 1.45. The van der Waals surface area contributed by atoms with Gasteiger partial charge in [0.1, 0.15) is 18.2 Å². The van der Waals surface area contributed by atoms with Crippen LogP contribution in [0.25, 0.3) is 0 Å². The summed E-state index contributed by atoms with van der Waals surface area (Å²) in [5.41, 5.74) is 0.662. The van der Waals surface area contributed by atoms with Crippen LogP contribution in [-0.4, -0.2) is 10.0 Å². The van der Waals surface area contributed by atoms with Gasteiger partial charge in [-0.05, 0) is 31.2 Å². The number of nitro benzene ring substituents is 1. The highest BCUT2D eigenvalue weighted by Gasteiger charge is 2.15. The first-order valence-electron chi connectivity index (χ1n) is 6.31. The topological polar surface area (TPSA) is 72.6 Å². The maximum Gasteiger partial charge on any atom is 0.276 e. The number of ether oxygens (including phenoxy) is 1. The summed E-state index contributed by atoms with van der Waals surface area (Å²) >= 11 is 0. The molecule has 0 amide bonds. The number of aliphatic hydroxyl groups excluding tert-OH is 1. The van der Waals surface area contributed by atoms with E-state index in [0.717, 1.165) is 0 Å². The number of rotatable bonds is 5. The second-order valence-electron chi connectivity index (χ2n) is 4.53. The second kappa shape index (κ2) is 6.32. The minimum Gasteiger partial charge on any atom is -0.488 e. The summed E-state index contributed by atoms with van der Waals surface area (Å²) in [5.74, 6) is -0.187. The van der Waals surface area contributed by atoms with Crippen molar-refractivity contribution in [1.82, 2.24) is 0 Å². The predicted octanol–water partition coefficient (Wildman–Crippen LogP) is 3.37. The van der Waals surface area contributed by atoms with Crippen LogP contribution in [0.15, 0.2) is 42.5 Å². The van der Waals surface area contributed by atoms with Crippen LogP contribution in [0.2, 0.25) is 0 Å². The molecule has 0 aliphatic heterocycles. The van der Waals surface area contributed by atoms with E-state index in [4.69, 9.17) is 4.74 Å². The van der Waals surface area contributed by atoms with Crippen molar-refractivity contribution in [3.05, 3.63) is 69.5 Å². The van der Waals surface area contributed by atoms with Gasteiger partial charge in [0.05, 0.1) is 16.6 Å². The Labute approximate surface area is 120 Å². The van der Waals surface area contributed by atoms with Gasteiger partial charge in [0.15, 0.2) is 0 Å². The minimum absolute atomic E-state index is 0.0392. The fraction of sp³-hybridized carbons (Fsp3) is 0.200. The first-order valence-corrected chi connectivity index (χ1v) is 6.31. The molecule has 6 heteroatoms. The van der Waals surface area contributed by atoms with Gasteiger partial charge in [0, 0.05) is 11.6 Å². The Morgan fingerprint density at radius 3 is 2.71 bits per heavy atom. The molecule has 2 rings (SSSR count). The van der Waals surface area contributed by atoms with E-state index in [1.54, 1.807) is 18.2 Å². The molecular formula is C15H14FNO4. The Kier molecular flexibility index (Phi) is 4.49. The van der Waals surface area contributed by atoms with Gasteiger partial charge in [-0.3, -0.25) is 10.1 Å². The average Bonchev–Trinajstić information content (AvgIpc) is 2.46. The third-order valence-electron chi connectivity index (χ3n) is 2.99. The number of benzene rings is 2. The van der Waals surface area contributed by atoms with Crippen LogP contribution >= 0.6 is 0 Å². The number of hydrogen-bond acceptors (Lipinski definition) is 4. The zero-order valence-corrected chi connectivity index (χ0v) is 11.3. The van der Waals surface area contributed by atoms with Crippen molar-refractivity contribution in [2.75, 3.05) is 0 Å². The Hall–Kier alpha value is -2.47. The molecule has 0 heterocycles. The van der Waals surface area contributed by atoms with Gasteiger partial charge < -0.3 is 9.84 Å². The summed E-state index contributed by atoms with van der Waals surface area (Å²) in [6, 6.07) is 10.0. The van der Waals surface area contributed by atoms with Crippen molar-refractivity contribution in [2.24, 2.45) is 0 Å². The molecular weight excluding hydrogens is 277 g/mol. The maximum absolute atomic E-state index is 13.2. The molecule has 0 aliphatic rings. The summed E-state index contributed by atoms with van der Waals surface area (Å²) in [6.07, 6.45) is -0.901. The van der Waals surface area contributed by atoms with Gasteiger partial charge in [-0.15, -0.1) is 0 Å². The molecule has 0 saturated heterocycles. The molecule has 5 nitrogen and oxygen atoms in total. The van der Waals surface area contributed by atoms with Crippen LogP contribution in [0, 0.1) is 15.9 Å². The fourth-order valence-corrected chi connectivity index (χ4v) is 1.94. The molecule has 2 aromatic rings. The Balaban J connectivity index is 2.23. The van der Waals surface area contributed by atoms with Crippen molar-refractivity contribution < 1.29 is 19.2 Å². The van der Waals surface area contributed by atoms with E-state index in [1.165, 1.54) is 31.2 Å². The third kappa shape index (κ3) is 3.55. The zero-order chi connectivity index (χ0) is 15.4. The van der Waals surface area contributed by atoms with Crippen LogP contribution in [0.3, 0.4) is 0 Å². The largest absolute Gasteiger partial charge is 0.488 e. The molecule has 0 fully saturated rings. The summed E-state index contributed by atoms with van der Waals surface area (Å²) in [4.78, 5) is 10.4. The fourth-order valence-electron chi connectivity index (χ4n) is 1.94.